The van der Waals surface area contributed by atoms with Crippen molar-refractivity contribution >= 4 is 11.3 Å². The molecule has 0 aliphatic carbocycles. The fourth-order valence-corrected chi connectivity index (χ4v) is 4.00. The topological polar surface area (TPSA) is 21.3 Å². The molecule has 1 N–H and O–H groups in total. The zero-order chi connectivity index (χ0) is 16.9. The van der Waals surface area contributed by atoms with Gasteiger partial charge in [-0.05, 0) is 66.1 Å². The highest BCUT2D eigenvalue weighted by Gasteiger charge is 2.14. The number of hydrogen-bond donors (Lipinski definition) is 1. The van der Waals surface area contributed by atoms with Gasteiger partial charge in [-0.25, -0.2) is 0 Å². The van der Waals surface area contributed by atoms with Crippen molar-refractivity contribution in [1.29, 1.82) is 0 Å². The largest absolute Gasteiger partial charge is 0.492 e. The molecular weight excluding hydrogens is 326 g/mol. The zero-order valence-corrected chi connectivity index (χ0v) is 15.1. The summed E-state index contributed by atoms with van der Waals surface area (Å²) in [6, 6.07) is 22.2. The molecule has 128 valence electrons. The average Bonchev–Trinajstić information content (AvgIpc) is 3.36. The van der Waals surface area contributed by atoms with Crippen LogP contribution < -0.4 is 10.1 Å². The molecule has 1 saturated heterocycles. The molecule has 1 aliphatic rings. The predicted molar refractivity (Wildman–Crippen MR) is 106 cm³/mol. The van der Waals surface area contributed by atoms with E-state index in [-0.39, 0.29) is 0 Å². The van der Waals surface area contributed by atoms with Crippen LogP contribution in [0.1, 0.15) is 24.0 Å². The minimum Gasteiger partial charge on any atom is -0.492 e. The van der Waals surface area contributed by atoms with Gasteiger partial charge in [0.25, 0.3) is 0 Å². The highest BCUT2D eigenvalue weighted by molar-refractivity contribution is 7.13. The van der Waals surface area contributed by atoms with E-state index in [4.69, 9.17) is 4.74 Å². The Bertz CT molecular complexity index is 772. The zero-order valence-electron chi connectivity index (χ0n) is 14.3. The molecule has 0 radical (unpaired) electrons. The van der Waals surface area contributed by atoms with Crippen molar-refractivity contribution in [1.82, 2.24) is 5.32 Å². The van der Waals surface area contributed by atoms with Crippen LogP contribution >= 0.6 is 11.3 Å². The van der Waals surface area contributed by atoms with Crippen LogP contribution in [0.5, 0.6) is 5.75 Å². The SMILES string of the molecule is c1csc(-c2ccc(Cc3ccc(OCC4CCCN4)cc3)cc2)c1. The summed E-state index contributed by atoms with van der Waals surface area (Å²) in [5, 5.41) is 5.58. The molecule has 1 atom stereocenters. The molecule has 0 saturated carbocycles. The standard InChI is InChI=1S/C22H23NOS/c1-3-20(23-13-1)16-24-21-11-7-18(8-12-21)15-17-5-9-19(10-6-17)22-4-2-14-25-22/h2,4-12,14,20,23H,1,3,13,15-16H2. The molecule has 25 heavy (non-hydrogen) atoms. The first-order valence-corrected chi connectivity index (χ1v) is 9.83. The van der Waals surface area contributed by atoms with Crippen LogP contribution in [-0.2, 0) is 6.42 Å². The van der Waals surface area contributed by atoms with Gasteiger partial charge >= 0.3 is 0 Å². The van der Waals surface area contributed by atoms with Crippen molar-refractivity contribution in [3.05, 3.63) is 77.2 Å². The van der Waals surface area contributed by atoms with Crippen molar-refractivity contribution in [3.8, 4) is 16.2 Å². The van der Waals surface area contributed by atoms with Gasteiger partial charge in [-0.1, -0.05) is 42.5 Å². The van der Waals surface area contributed by atoms with Crippen molar-refractivity contribution in [2.45, 2.75) is 25.3 Å². The Kier molecular flexibility index (Phi) is 5.14. The molecule has 4 rings (SSSR count). The fourth-order valence-electron chi connectivity index (χ4n) is 3.26. The van der Waals surface area contributed by atoms with E-state index in [1.807, 2.05) is 0 Å². The molecular formula is C22H23NOS. The van der Waals surface area contributed by atoms with E-state index < -0.39 is 0 Å². The lowest BCUT2D eigenvalue weighted by Gasteiger charge is -2.12. The maximum atomic E-state index is 5.89. The Hall–Kier alpha value is -2.10. The number of hydrogen-bond acceptors (Lipinski definition) is 3. The second kappa shape index (κ2) is 7.85. The van der Waals surface area contributed by atoms with Gasteiger partial charge in [0.05, 0.1) is 0 Å². The van der Waals surface area contributed by atoms with Crippen molar-refractivity contribution in [2.24, 2.45) is 0 Å². The van der Waals surface area contributed by atoms with Crippen LogP contribution in [0.3, 0.4) is 0 Å². The first-order chi connectivity index (χ1) is 12.4. The number of rotatable bonds is 6. The molecule has 3 aromatic rings. The van der Waals surface area contributed by atoms with Crippen LogP contribution in [0.15, 0.2) is 66.0 Å². The first-order valence-electron chi connectivity index (χ1n) is 8.95. The number of nitrogens with one attached hydrogen (secondary N) is 1. The smallest absolute Gasteiger partial charge is 0.119 e. The normalized spacial score (nSPS) is 16.9. The minimum absolute atomic E-state index is 0.515. The summed E-state index contributed by atoms with van der Waals surface area (Å²) >= 11 is 1.78. The fraction of sp³-hybridized carbons (Fsp3) is 0.273. The molecule has 0 spiro atoms. The summed E-state index contributed by atoms with van der Waals surface area (Å²) in [5.41, 5.74) is 3.95. The highest BCUT2D eigenvalue weighted by Crippen LogP contribution is 2.25. The Labute approximate surface area is 153 Å². The third-order valence-electron chi connectivity index (χ3n) is 4.70. The Balaban J connectivity index is 1.34. The lowest BCUT2D eigenvalue weighted by atomic mass is 10.0. The van der Waals surface area contributed by atoms with E-state index in [1.54, 1.807) is 11.3 Å². The van der Waals surface area contributed by atoms with Crippen LogP contribution in [0.4, 0.5) is 0 Å². The van der Waals surface area contributed by atoms with Crippen molar-refractivity contribution in [2.75, 3.05) is 13.2 Å². The molecule has 2 aromatic carbocycles. The number of ether oxygens (including phenoxy) is 1. The Morgan fingerprint density at radius 3 is 2.36 bits per heavy atom. The third-order valence-corrected chi connectivity index (χ3v) is 5.62. The van der Waals surface area contributed by atoms with Gasteiger partial charge in [0, 0.05) is 10.9 Å². The molecule has 1 aromatic heterocycles. The van der Waals surface area contributed by atoms with E-state index >= 15 is 0 Å². The van der Waals surface area contributed by atoms with Gasteiger partial charge in [-0.3, -0.25) is 0 Å². The van der Waals surface area contributed by atoms with Gasteiger partial charge in [0.1, 0.15) is 12.4 Å². The average molecular weight is 349 g/mol. The summed E-state index contributed by atoms with van der Waals surface area (Å²) in [7, 11) is 0. The third kappa shape index (κ3) is 4.30. The quantitative estimate of drug-likeness (QED) is 0.665. The van der Waals surface area contributed by atoms with Crippen molar-refractivity contribution < 1.29 is 4.74 Å². The van der Waals surface area contributed by atoms with E-state index in [9.17, 15) is 0 Å². The van der Waals surface area contributed by atoms with Gasteiger partial charge < -0.3 is 10.1 Å². The van der Waals surface area contributed by atoms with Crippen LogP contribution in [0.25, 0.3) is 10.4 Å². The number of thiophene rings is 1. The summed E-state index contributed by atoms with van der Waals surface area (Å²) < 4.78 is 5.89. The summed E-state index contributed by atoms with van der Waals surface area (Å²) in [6.45, 7) is 1.89. The van der Waals surface area contributed by atoms with Gasteiger partial charge in [-0.2, -0.15) is 0 Å². The maximum absolute atomic E-state index is 5.89. The van der Waals surface area contributed by atoms with Gasteiger partial charge in [-0.15, -0.1) is 11.3 Å². The molecule has 3 heteroatoms. The second-order valence-corrected chi connectivity index (χ2v) is 7.55. The molecule has 0 amide bonds. The monoisotopic (exact) mass is 349 g/mol. The molecule has 1 aliphatic heterocycles. The first kappa shape index (κ1) is 16.4. The Morgan fingerprint density at radius 1 is 0.960 bits per heavy atom. The summed E-state index contributed by atoms with van der Waals surface area (Å²) in [6.07, 6.45) is 3.44. The molecule has 1 unspecified atom stereocenters. The van der Waals surface area contributed by atoms with E-state index in [2.05, 4.69) is 71.4 Å². The van der Waals surface area contributed by atoms with Crippen molar-refractivity contribution in [3.63, 3.8) is 0 Å². The van der Waals surface area contributed by atoms with E-state index in [0.29, 0.717) is 6.04 Å². The minimum atomic E-state index is 0.515. The summed E-state index contributed by atoms with van der Waals surface area (Å²) in [5.74, 6) is 0.963. The highest BCUT2D eigenvalue weighted by atomic mass is 32.1. The Morgan fingerprint density at radius 2 is 1.72 bits per heavy atom. The molecule has 1 fully saturated rings. The van der Waals surface area contributed by atoms with Crippen LogP contribution in [-0.4, -0.2) is 19.2 Å². The molecule has 2 heterocycles. The summed E-state index contributed by atoms with van der Waals surface area (Å²) in [4.78, 5) is 1.32. The van der Waals surface area contributed by atoms with E-state index in [0.717, 1.165) is 25.3 Å². The van der Waals surface area contributed by atoms with Crippen LogP contribution in [0, 0.1) is 0 Å². The second-order valence-electron chi connectivity index (χ2n) is 6.60. The predicted octanol–water partition coefficient (Wildman–Crippen LogP) is 5.14. The lowest BCUT2D eigenvalue weighted by Crippen LogP contribution is -2.28. The number of benzene rings is 2. The van der Waals surface area contributed by atoms with Crippen LogP contribution in [0.2, 0.25) is 0 Å². The lowest BCUT2D eigenvalue weighted by molar-refractivity contribution is 0.277. The van der Waals surface area contributed by atoms with Gasteiger partial charge in [0.2, 0.25) is 0 Å². The molecule has 2 nitrogen and oxygen atoms in total. The molecule has 0 bridgehead atoms. The van der Waals surface area contributed by atoms with Gasteiger partial charge in [0.15, 0.2) is 0 Å². The van der Waals surface area contributed by atoms with E-state index in [1.165, 1.54) is 34.4 Å². The maximum Gasteiger partial charge on any atom is 0.119 e.